The minimum Gasteiger partial charge on any atom is -0.381 e. The Hall–Kier alpha value is -1.47. The van der Waals surface area contributed by atoms with E-state index in [-0.39, 0.29) is 19.3 Å². The zero-order chi connectivity index (χ0) is 27.2. The number of aromatic amines is 1. The molecular formula is C28H51N2O6P. The van der Waals surface area contributed by atoms with E-state index in [1.165, 1.54) is 100 Å². The maximum Gasteiger partial charge on any atom is 0.331 e. The van der Waals surface area contributed by atoms with Crippen LogP contribution in [0.2, 0.25) is 0 Å². The van der Waals surface area contributed by atoms with E-state index in [0.29, 0.717) is 18.6 Å². The van der Waals surface area contributed by atoms with E-state index in [1.807, 2.05) is 0 Å². The molecule has 0 fully saturated rings. The summed E-state index contributed by atoms with van der Waals surface area (Å²) in [6.45, 7) is 5.48. The molecule has 37 heavy (non-hydrogen) atoms. The lowest BCUT2D eigenvalue weighted by atomic mass is 10.0. The Morgan fingerprint density at radius 1 is 0.838 bits per heavy atom. The number of aryl methyl sites for hydroxylation is 1. The maximum atomic E-state index is 12.1. The molecule has 1 heterocycles. The summed E-state index contributed by atoms with van der Waals surface area (Å²) in [5.41, 5.74) is -0.504. The highest BCUT2D eigenvalue weighted by atomic mass is 31.2. The molecule has 214 valence electrons. The van der Waals surface area contributed by atoms with Crippen molar-refractivity contribution in [2.45, 2.75) is 117 Å². The molecule has 0 aromatic carbocycles. The Labute approximate surface area is 223 Å². The van der Waals surface area contributed by atoms with Gasteiger partial charge in [-0.3, -0.25) is 18.9 Å². The van der Waals surface area contributed by atoms with Crippen molar-refractivity contribution < 1.29 is 18.7 Å². The topological polar surface area (TPSA) is 111 Å². The SMILES string of the molecule is CCCCCCCCCCCCCCCCOCCCOP(=O)(O)C/C=C/Cn1cc(C)c(=O)[nH]c1=O. The highest BCUT2D eigenvalue weighted by Crippen LogP contribution is 2.41. The minimum atomic E-state index is -3.72. The van der Waals surface area contributed by atoms with E-state index in [2.05, 4.69) is 11.9 Å². The molecule has 9 heteroatoms. The van der Waals surface area contributed by atoms with Crippen molar-refractivity contribution >= 4 is 7.60 Å². The summed E-state index contributed by atoms with van der Waals surface area (Å²) in [7, 11) is -3.72. The number of allylic oxidation sites excluding steroid dienone is 2. The lowest BCUT2D eigenvalue weighted by molar-refractivity contribution is 0.114. The molecule has 0 amide bonds. The normalized spacial score (nSPS) is 13.4. The van der Waals surface area contributed by atoms with Crippen molar-refractivity contribution in [2.75, 3.05) is 26.0 Å². The smallest absolute Gasteiger partial charge is 0.331 e. The largest absolute Gasteiger partial charge is 0.381 e. The predicted octanol–water partition coefficient (Wildman–Crippen LogP) is 6.49. The van der Waals surface area contributed by atoms with Gasteiger partial charge in [0.2, 0.25) is 0 Å². The molecule has 0 radical (unpaired) electrons. The van der Waals surface area contributed by atoms with Crippen molar-refractivity contribution in [2.24, 2.45) is 0 Å². The molecule has 0 bridgehead atoms. The van der Waals surface area contributed by atoms with E-state index >= 15 is 0 Å². The number of rotatable bonds is 24. The molecule has 0 saturated heterocycles. The van der Waals surface area contributed by atoms with Crippen LogP contribution in [0.5, 0.6) is 0 Å². The molecule has 0 saturated carbocycles. The second-order valence-electron chi connectivity index (χ2n) is 9.91. The zero-order valence-electron chi connectivity index (χ0n) is 23.3. The van der Waals surface area contributed by atoms with Gasteiger partial charge >= 0.3 is 13.3 Å². The Kier molecular flexibility index (Phi) is 19.5. The lowest BCUT2D eigenvalue weighted by Gasteiger charge is -2.10. The minimum absolute atomic E-state index is 0.135. The quantitative estimate of drug-likeness (QED) is 0.0877. The van der Waals surface area contributed by atoms with Crippen molar-refractivity contribution in [3.05, 3.63) is 44.8 Å². The summed E-state index contributed by atoms with van der Waals surface area (Å²) in [6, 6.07) is 0. The van der Waals surface area contributed by atoms with E-state index < -0.39 is 18.8 Å². The first kappa shape index (κ1) is 33.6. The highest BCUT2D eigenvalue weighted by Gasteiger charge is 2.16. The average molecular weight is 543 g/mol. The van der Waals surface area contributed by atoms with Gasteiger partial charge in [-0.05, 0) is 19.8 Å². The predicted molar refractivity (Wildman–Crippen MR) is 152 cm³/mol. The van der Waals surface area contributed by atoms with Crippen LogP contribution in [-0.2, 0) is 20.4 Å². The van der Waals surface area contributed by atoms with Crippen molar-refractivity contribution in [1.82, 2.24) is 9.55 Å². The molecule has 2 N–H and O–H groups in total. The van der Waals surface area contributed by atoms with Crippen molar-refractivity contribution in [1.29, 1.82) is 0 Å². The summed E-state index contributed by atoms with van der Waals surface area (Å²) in [5, 5.41) is 0. The summed E-state index contributed by atoms with van der Waals surface area (Å²) < 4.78 is 24.2. The monoisotopic (exact) mass is 542 g/mol. The van der Waals surface area contributed by atoms with Gasteiger partial charge in [-0.15, -0.1) is 0 Å². The first-order valence-electron chi connectivity index (χ1n) is 14.3. The highest BCUT2D eigenvalue weighted by molar-refractivity contribution is 7.53. The van der Waals surface area contributed by atoms with Gasteiger partial charge in [-0.1, -0.05) is 103 Å². The molecule has 0 spiro atoms. The fraction of sp³-hybridized carbons (Fsp3) is 0.786. The van der Waals surface area contributed by atoms with Crippen molar-refractivity contribution in [3.63, 3.8) is 0 Å². The van der Waals surface area contributed by atoms with Gasteiger partial charge in [0.1, 0.15) is 0 Å². The van der Waals surface area contributed by atoms with Crippen LogP contribution in [-0.4, -0.2) is 40.4 Å². The molecule has 1 atom stereocenters. The number of hydrogen-bond acceptors (Lipinski definition) is 5. The van der Waals surface area contributed by atoms with E-state index in [9.17, 15) is 19.0 Å². The number of nitrogens with one attached hydrogen (secondary N) is 1. The first-order valence-corrected chi connectivity index (χ1v) is 16.1. The molecule has 0 aliphatic carbocycles. The second kappa shape index (κ2) is 21.5. The van der Waals surface area contributed by atoms with Crippen molar-refractivity contribution in [3.8, 4) is 0 Å². The van der Waals surface area contributed by atoms with Crippen LogP contribution >= 0.6 is 7.60 Å². The van der Waals surface area contributed by atoms with E-state index in [0.717, 1.165) is 13.0 Å². The van der Waals surface area contributed by atoms with Gasteiger partial charge in [0.15, 0.2) is 0 Å². The molecule has 8 nitrogen and oxygen atoms in total. The molecule has 1 aromatic heterocycles. The standard InChI is InChI=1S/C28H51N2O6P/c1-3-4-5-6-7-8-9-10-11-12-13-14-15-17-21-35-22-19-23-36-37(33,34)24-18-16-20-30-25-26(2)27(31)29-28(30)32/h16,18,25H,3-15,17,19-24H2,1-2H3,(H,33,34)(H,29,31,32)/b18-16+. The average Bonchev–Trinajstić information content (AvgIpc) is 2.86. The van der Waals surface area contributed by atoms with Gasteiger partial charge in [-0.2, -0.15) is 0 Å². The Balaban J connectivity index is 1.92. The third-order valence-electron chi connectivity index (χ3n) is 6.36. The fourth-order valence-corrected chi connectivity index (χ4v) is 5.01. The molecule has 1 rings (SSSR count). The number of hydrogen-bond donors (Lipinski definition) is 2. The van der Waals surface area contributed by atoms with E-state index in [4.69, 9.17) is 9.26 Å². The number of unbranched alkanes of at least 4 members (excludes halogenated alkanes) is 13. The third-order valence-corrected chi connectivity index (χ3v) is 7.62. The second-order valence-corrected chi connectivity index (χ2v) is 11.8. The Morgan fingerprint density at radius 2 is 1.38 bits per heavy atom. The molecule has 1 unspecified atom stereocenters. The Bertz CT molecular complexity index is 895. The van der Waals surface area contributed by atoms with Crippen LogP contribution in [0.15, 0.2) is 27.9 Å². The Morgan fingerprint density at radius 3 is 1.97 bits per heavy atom. The fourth-order valence-electron chi connectivity index (χ4n) is 4.07. The first-order chi connectivity index (χ1) is 17.9. The van der Waals surface area contributed by atoms with Crippen LogP contribution in [0.3, 0.4) is 0 Å². The summed E-state index contributed by atoms with van der Waals surface area (Å²) in [6.07, 6.45) is 23.7. The van der Waals surface area contributed by atoms with Gasteiger partial charge in [0.05, 0.1) is 12.8 Å². The molecule has 0 aliphatic rings. The molecular weight excluding hydrogens is 491 g/mol. The summed E-state index contributed by atoms with van der Waals surface area (Å²) in [5.74, 6) is 0. The van der Waals surface area contributed by atoms with E-state index in [1.54, 1.807) is 13.0 Å². The zero-order valence-corrected chi connectivity index (χ0v) is 24.2. The summed E-state index contributed by atoms with van der Waals surface area (Å²) in [4.78, 5) is 35.2. The van der Waals surface area contributed by atoms with Gasteiger partial charge < -0.3 is 14.2 Å². The third kappa shape index (κ3) is 18.4. The van der Waals surface area contributed by atoms with Crippen LogP contribution in [0.25, 0.3) is 0 Å². The maximum absolute atomic E-state index is 12.1. The molecule has 0 aliphatic heterocycles. The van der Waals surface area contributed by atoms with Gasteiger partial charge in [0, 0.05) is 31.5 Å². The van der Waals surface area contributed by atoms with Gasteiger partial charge in [-0.25, -0.2) is 4.79 Å². The van der Waals surface area contributed by atoms with Crippen LogP contribution in [0.4, 0.5) is 0 Å². The number of nitrogens with zero attached hydrogens (tertiary/aromatic N) is 1. The lowest BCUT2D eigenvalue weighted by Crippen LogP contribution is -2.30. The number of aromatic nitrogens is 2. The summed E-state index contributed by atoms with van der Waals surface area (Å²) >= 11 is 0. The number of H-pyrrole nitrogens is 1. The van der Waals surface area contributed by atoms with Crippen LogP contribution in [0.1, 0.15) is 109 Å². The van der Waals surface area contributed by atoms with Crippen LogP contribution in [0, 0.1) is 6.92 Å². The molecule has 1 aromatic rings. The van der Waals surface area contributed by atoms with Gasteiger partial charge in [0.25, 0.3) is 5.56 Å². The van der Waals surface area contributed by atoms with Crippen LogP contribution < -0.4 is 11.2 Å². The number of ether oxygens (including phenoxy) is 1.